The van der Waals surface area contributed by atoms with Crippen LogP contribution in [0.25, 0.3) is 0 Å². The van der Waals surface area contributed by atoms with E-state index in [2.05, 4.69) is 15.6 Å². The van der Waals surface area contributed by atoms with Crippen molar-refractivity contribution in [3.05, 3.63) is 59.0 Å². The summed E-state index contributed by atoms with van der Waals surface area (Å²) in [4.78, 5) is 15.9. The van der Waals surface area contributed by atoms with E-state index >= 15 is 0 Å². The maximum Gasteiger partial charge on any atom is 0.315 e. The van der Waals surface area contributed by atoms with Crippen molar-refractivity contribution in [2.45, 2.75) is 31.9 Å². The van der Waals surface area contributed by atoms with E-state index in [1.807, 2.05) is 0 Å². The van der Waals surface area contributed by atoms with Gasteiger partial charge >= 0.3 is 6.03 Å². The number of rotatable bonds is 6. The molecule has 1 atom stereocenters. The number of nitrogens with one attached hydrogen (secondary N) is 2. The maximum atomic E-state index is 13.4. The van der Waals surface area contributed by atoms with Gasteiger partial charge in [0.05, 0.1) is 6.04 Å². The van der Waals surface area contributed by atoms with Crippen molar-refractivity contribution in [3.63, 3.8) is 0 Å². The Balaban J connectivity index is 1.52. The number of nitrogens with zero attached hydrogens (tertiary/aromatic N) is 1. The van der Waals surface area contributed by atoms with Crippen LogP contribution in [0, 0.1) is 5.82 Å². The Bertz CT molecular complexity index is 786. The number of aryl methyl sites for hydroxylation is 1. The number of carbonyl (C=O) groups excluding carboxylic acids is 1. The van der Waals surface area contributed by atoms with E-state index in [0.29, 0.717) is 12.0 Å². The summed E-state index contributed by atoms with van der Waals surface area (Å²) >= 11 is 0. The minimum absolute atomic E-state index is 0.0743. The van der Waals surface area contributed by atoms with Crippen molar-refractivity contribution in [2.24, 2.45) is 0 Å². The van der Waals surface area contributed by atoms with Crippen molar-refractivity contribution in [2.75, 3.05) is 6.61 Å². The van der Waals surface area contributed by atoms with Crippen LogP contribution in [0.1, 0.15) is 29.2 Å². The highest BCUT2D eigenvalue weighted by Crippen LogP contribution is 2.31. The van der Waals surface area contributed by atoms with Crippen LogP contribution in [0.15, 0.2) is 36.5 Å². The third-order valence-electron chi connectivity index (χ3n) is 4.10. The van der Waals surface area contributed by atoms with Crippen LogP contribution in [0.4, 0.5) is 18.0 Å². The fourth-order valence-corrected chi connectivity index (χ4v) is 2.90. The summed E-state index contributed by atoms with van der Waals surface area (Å²) in [6, 6.07) is 7.11. The average molecular weight is 365 g/mol. The van der Waals surface area contributed by atoms with E-state index in [1.165, 1.54) is 24.4 Å². The molecule has 1 aromatic carbocycles. The molecule has 0 saturated carbocycles. The molecule has 138 valence electrons. The van der Waals surface area contributed by atoms with Gasteiger partial charge in [-0.3, -0.25) is 0 Å². The second kappa shape index (κ2) is 8.07. The predicted molar refractivity (Wildman–Crippen MR) is 88.6 cm³/mol. The van der Waals surface area contributed by atoms with Gasteiger partial charge in [-0.1, -0.05) is 6.07 Å². The lowest BCUT2D eigenvalue weighted by atomic mass is 10.1. The van der Waals surface area contributed by atoms with Crippen molar-refractivity contribution in [1.29, 1.82) is 0 Å². The molecule has 0 unspecified atom stereocenters. The maximum absolute atomic E-state index is 13.4. The second-order valence-corrected chi connectivity index (χ2v) is 5.97. The Hall–Kier alpha value is -2.77. The number of hydrogen-bond donors (Lipinski definition) is 2. The number of aromatic nitrogens is 1. The minimum Gasteiger partial charge on any atom is -0.472 e. The second-order valence-electron chi connectivity index (χ2n) is 5.97. The third-order valence-corrected chi connectivity index (χ3v) is 4.10. The fraction of sp³-hybridized carbons (Fsp3) is 0.333. The van der Waals surface area contributed by atoms with Gasteiger partial charge in [0.2, 0.25) is 5.88 Å². The largest absolute Gasteiger partial charge is 0.472 e. The molecule has 0 saturated heterocycles. The van der Waals surface area contributed by atoms with Crippen LogP contribution in [0.3, 0.4) is 0 Å². The number of pyridine rings is 1. The first-order chi connectivity index (χ1) is 12.5. The van der Waals surface area contributed by atoms with Crippen molar-refractivity contribution < 1.29 is 22.7 Å². The normalized spacial score (nSPS) is 15.6. The van der Waals surface area contributed by atoms with Crippen LogP contribution < -0.4 is 15.4 Å². The Labute approximate surface area is 148 Å². The van der Waals surface area contributed by atoms with E-state index in [-0.39, 0.29) is 30.3 Å². The summed E-state index contributed by atoms with van der Waals surface area (Å²) in [5.41, 5.74) is 2.50. The molecule has 3 rings (SSSR count). The molecule has 0 radical (unpaired) electrons. The number of amides is 2. The standard InChI is InChI=1S/C18H18F3N3O2/c19-13-3-1-12-2-4-15(14(12)8-13)24-18(25)23-9-11-5-6-22-17(7-11)26-10-16(20)21/h1,3,5-8,15-16H,2,4,9-10H2,(H2,23,24,25)/t15-/m1/s1. The SMILES string of the molecule is O=C(NCc1ccnc(OCC(F)F)c1)N[C@@H]1CCc2ccc(F)cc21. The quantitative estimate of drug-likeness (QED) is 0.825. The summed E-state index contributed by atoms with van der Waals surface area (Å²) in [7, 11) is 0. The lowest BCUT2D eigenvalue weighted by molar-refractivity contribution is 0.0795. The zero-order valence-electron chi connectivity index (χ0n) is 13.8. The third kappa shape index (κ3) is 4.65. The first kappa shape index (κ1) is 18.0. The molecule has 2 amide bonds. The molecule has 26 heavy (non-hydrogen) atoms. The molecular weight excluding hydrogens is 347 g/mol. The predicted octanol–water partition coefficient (Wildman–Crippen LogP) is 3.35. The molecule has 1 aliphatic carbocycles. The number of ether oxygens (including phenoxy) is 1. The van der Waals surface area contributed by atoms with Gasteiger partial charge in [0.1, 0.15) is 5.82 Å². The number of benzene rings is 1. The molecule has 1 aromatic heterocycles. The smallest absolute Gasteiger partial charge is 0.315 e. The molecule has 2 N–H and O–H groups in total. The molecule has 1 aliphatic rings. The Morgan fingerprint density at radius 2 is 2.15 bits per heavy atom. The summed E-state index contributed by atoms with van der Waals surface area (Å²) in [6.45, 7) is -0.551. The number of hydrogen-bond acceptors (Lipinski definition) is 3. The zero-order valence-corrected chi connectivity index (χ0v) is 13.8. The molecule has 0 fully saturated rings. The molecular formula is C18H18F3N3O2. The van der Waals surface area contributed by atoms with Gasteiger partial charge in [-0.2, -0.15) is 0 Å². The van der Waals surface area contributed by atoms with Crippen molar-refractivity contribution in [1.82, 2.24) is 15.6 Å². The van der Waals surface area contributed by atoms with Gasteiger partial charge in [-0.25, -0.2) is 22.9 Å². The minimum atomic E-state index is -2.58. The highest BCUT2D eigenvalue weighted by Gasteiger charge is 2.24. The Morgan fingerprint density at radius 1 is 1.31 bits per heavy atom. The highest BCUT2D eigenvalue weighted by molar-refractivity contribution is 5.74. The summed E-state index contributed by atoms with van der Waals surface area (Å²) < 4.78 is 42.6. The first-order valence-corrected chi connectivity index (χ1v) is 8.20. The number of alkyl halides is 2. The zero-order chi connectivity index (χ0) is 18.5. The van der Waals surface area contributed by atoms with E-state index in [9.17, 15) is 18.0 Å². The van der Waals surface area contributed by atoms with Gasteiger partial charge in [0.15, 0.2) is 6.61 Å². The lowest BCUT2D eigenvalue weighted by Crippen LogP contribution is -2.36. The van der Waals surface area contributed by atoms with Crippen LogP contribution >= 0.6 is 0 Å². The van der Waals surface area contributed by atoms with Crippen LogP contribution in [0.5, 0.6) is 5.88 Å². The number of urea groups is 1. The molecule has 2 aromatic rings. The molecule has 5 nitrogen and oxygen atoms in total. The van der Waals surface area contributed by atoms with E-state index < -0.39 is 13.0 Å². The number of fused-ring (bicyclic) bond motifs is 1. The van der Waals surface area contributed by atoms with Gasteiger partial charge in [0, 0.05) is 18.8 Å². The molecule has 8 heteroatoms. The van der Waals surface area contributed by atoms with E-state index in [0.717, 1.165) is 17.5 Å². The average Bonchev–Trinajstić information content (AvgIpc) is 3.00. The molecule has 1 heterocycles. The highest BCUT2D eigenvalue weighted by atomic mass is 19.3. The van der Waals surface area contributed by atoms with E-state index in [1.54, 1.807) is 12.1 Å². The van der Waals surface area contributed by atoms with Crippen molar-refractivity contribution in [3.8, 4) is 5.88 Å². The van der Waals surface area contributed by atoms with Gasteiger partial charge in [-0.15, -0.1) is 0 Å². The fourth-order valence-electron chi connectivity index (χ4n) is 2.90. The van der Waals surface area contributed by atoms with E-state index in [4.69, 9.17) is 4.74 Å². The van der Waals surface area contributed by atoms with Gasteiger partial charge in [-0.05, 0) is 47.7 Å². The summed E-state index contributed by atoms with van der Waals surface area (Å²) in [5, 5.41) is 5.51. The topological polar surface area (TPSA) is 63.2 Å². The van der Waals surface area contributed by atoms with Crippen LogP contribution in [-0.2, 0) is 13.0 Å². The van der Waals surface area contributed by atoms with Crippen LogP contribution in [-0.4, -0.2) is 24.0 Å². The molecule has 0 bridgehead atoms. The van der Waals surface area contributed by atoms with Gasteiger partial charge in [0.25, 0.3) is 6.43 Å². The summed E-state index contributed by atoms with van der Waals surface area (Å²) in [6.07, 6.45) is 0.345. The Kier molecular flexibility index (Phi) is 5.60. The first-order valence-electron chi connectivity index (χ1n) is 8.20. The van der Waals surface area contributed by atoms with Gasteiger partial charge < -0.3 is 15.4 Å². The Morgan fingerprint density at radius 3 is 2.96 bits per heavy atom. The lowest BCUT2D eigenvalue weighted by Gasteiger charge is -2.15. The number of carbonyl (C=O) groups is 1. The monoisotopic (exact) mass is 365 g/mol. The van der Waals surface area contributed by atoms with Crippen molar-refractivity contribution >= 4 is 6.03 Å². The summed E-state index contributed by atoms with van der Waals surface area (Å²) in [5.74, 6) is -0.254. The molecule has 0 aliphatic heterocycles. The molecule has 0 spiro atoms. The number of halogens is 3. The van der Waals surface area contributed by atoms with Crippen LogP contribution in [0.2, 0.25) is 0 Å².